The van der Waals surface area contributed by atoms with E-state index >= 15 is 0 Å². The molecule has 0 amide bonds. The maximum atomic E-state index is 13.0. The van der Waals surface area contributed by atoms with E-state index in [0.29, 0.717) is 12.0 Å². The van der Waals surface area contributed by atoms with Crippen molar-refractivity contribution in [3.05, 3.63) is 87.5 Å². The Bertz CT molecular complexity index is 953. The molecule has 0 radical (unpaired) electrons. The fraction of sp³-hybridized carbons (Fsp3) is 0.269. The van der Waals surface area contributed by atoms with E-state index in [1.54, 1.807) is 7.11 Å². The molecule has 5 heteroatoms. The summed E-state index contributed by atoms with van der Waals surface area (Å²) in [5, 5.41) is 3.53. The van der Waals surface area contributed by atoms with Gasteiger partial charge in [-0.2, -0.15) is 0 Å². The summed E-state index contributed by atoms with van der Waals surface area (Å²) in [6.45, 7) is 2.86. The number of benzene rings is 3. The maximum Gasteiger partial charge on any atom is 0.165 e. The topological polar surface area (TPSA) is 47.6 Å². The molecule has 0 saturated carbocycles. The van der Waals surface area contributed by atoms with Gasteiger partial charge < -0.3 is 14.8 Å². The number of ketones is 1. The lowest BCUT2D eigenvalue weighted by molar-refractivity contribution is 0.0976. The quantitative estimate of drug-likeness (QED) is 0.167. The zero-order chi connectivity index (χ0) is 22.1. The molecule has 0 spiro atoms. The zero-order valence-electron chi connectivity index (χ0n) is 17.9. The third-order valence-electron chi connectivity index (χ3n) is 5.04. The van der Waals surface area contributed by atoms with Gasteiger partial charge in [-0.15, -0.1) is 0 Å². The van der Waals surface area contributed by atoms with E-state index in [1.807, 2.05) is 60.7 Å². The monoisotopic (exact) mass is 529 g/mol. The highest BCUT2D eigenvalue weighted by atomic mass is 127. The predicted octanol–water partition coefficient (Wildman–Crippen LogP) is 6.90. The van der Waals surface area contributed by atoms with Crippen molar-refractivity contribution < 1.29 is 14.3 Å². The van der Waals surface area contributed by atoms with Crippen molar-refractivity contribution in [1.82, 2.24) is 0 Å². The largest absolute Gasteiger partial charge is 0.497 e. The van der Waals surface area contributed by atoms with Crippen LogP contribution in [-0.2, 0) is 0 Å². The second kappa shape index (κ2) is 11.7. The van der Waals surface area contributed by atoms with Gasteiger partial charge >= 0.3 is 0 Å². The van der Waals surface area contributed by atoms with Gasteiger partial charge in [-0.05, 0) is 95.2 Å². The Hall–Kier alpha value is -2.54. The van der Waals surface area contributed by atoms with Gasteiger partial charge in [0.25, 0.3) is 0 Å². The summed E-state index contributed by atoms with van der Waals surface area (Å²) in [6, 6.07) is 23.3. The average molecular weight is 529 g/mol. The first-order valence-electron chi connectivity index (χ1n) is 10.5. The summed E-state index contributed by atoms with van der Waals surface area (Å²) in [6.07, 6.45) is 2.48. The minimum atomic E-state index is -0.153. The van der Waals surface area contributed by atoms with E-state index in [-0.39, 0.29) is 11.8 Å². The van der Waals surface area contributed by atoms with Crippen LogP contribution in [0, 0.1) is 3.57 Å². The lowest BCUT2D eigenvalue weighted by Gasteiger charge is -2.21. The number of rotatable bonds is 11. The van der Waals surface area contributed by atoms with Gasteiger partial charge in [0.1, 0.15) is 11.5 Å². The smallest absolute Gasteiger partial charge is 0.165 e. The van der Waals surface area contributed by atoms with Crippen LogP contribution in [0.4, 0.5) is 5.69 Å². The Balaban J connectivity index is 1.78. The third-order valence-corrected chi connectivity index (χ3v) is 5.75. The molecule has 3 aromatic rings. The molecule has 0 fully saturated rings. The highest BCUT2D eigenvalue weighted by Gasteiger charge is 2.18. The lowest BCUT2D eigenvalue weighted by Crippen LogP contribution is -2.16. The Morgan fingerprint density at radius 3 is 2.19 bits per heavy atom. The molecule has 3 aromatic carbocycles. The number of methoxy groups -OCH3 is 1. The van der Waals surface area contributed by atoms with E-state index in [2.05, 4.69) is 47.0 Å². The van der Waals surface area contributed by atoms with Crippen LogP contribution in [0.5, 0.6) is 11.5 Å². The molecule has 4 nitrogen and oxygen atoms in total. The van der Waals surface area contributed by atoms with Crippen molar-refractivity contribution in [3.63, 3.8) is 0 Å². The second-order valence-electron chi connectivity index (χ2n) is 7.33. The van der Waals surface area contributed by atoms with Crippen molar-refractivity contribution in [2.45, 2.75) is 32.2 Å². The van der Waals surface area contributed by atoms with Crippen LogP contribution in [-0.4, -0.2) is 19.5 Å². The van der Waals surface area contributed by atoms with E-state index in [9.17, 15) is 4.79 Å². The van der Waals surface area contributed by atoms with E-state index < -0.39 is 0 Å². The first-order chi connectivity index (χ1) is 15.1. The van der Waals surface area contributed by atoms with Crippen molar-refractivity contribution >= 4 is 34.1 Å². The molecular formula is C26H28INO3. The molecule has 162 valence electrons. The normalized spacial score (nSPS) is 11.6. The number of unbranched alkanes of at least 4 members (excludes halogenated alkanes) is 1. The van der Waals surface area contributed by atoms with Crippen LogP contribution in [0.25, 0.3) is 0 Å². The maximum absolute atomic E-state index is 13.0. The fourth-order valence-electron chi connectivity index (χ4n) is 3.21. The number of ether oxygens (including phenoxy) is 2. The fourth-order valence-corrected chi connectivity index (χ4v) is 3.57. The Morgan fingerprint density at radius 1 is 0.935 bits per heavy atom. The molecule has 1 N–H and O–H groups in total. The number of hydrogen-bond acceptors (Lipinski definition) is 4. The van der Waals surface area contributed by atoms with Crippen molar-refractivity contribution in [1.29, 1.82) is 0 Å². The predicted molar refractivity (Wildman–Crippen MR) is 134 cm³/mol. The summed E-state index contributed by atoms with van der Waals surface area (Å²) >= 11 is 2.29. The Labute approximate surface area is 198 Å². The molecule has 1 atom stereocenters. The number of nitrogens with one attached hydrogen (secondary N) is 1. The van der Waals surface area contributed by atoms with E-state index in [1.165, 1.54) is 3.57 Å². The summed E-state index contributed by atoms with van der Waals surface area (Å²) in [7, 11) is 1.62. The number of halogens is 1. The number of hydrogen-bond donors (Lipinski definition) is 1. The van der Waals surface area contributed by atoms with Crippen LogP contribution in [0.3, 0.4) is 0 Å². The Morgan fingerprint density at radius 2 is 1.58 bits per heavy atom. The SMILES string of the molecule is CCCCOc1ccc(C(CC(=O)c2ccc(OC)cc2)Nc2ccc(I)cc2)cc1. The summed E-state index contributed by atoms with van der Waals surface area (Å²) < 4.78 is 12.2. The van der Waals surface area contributed by atoms with Crippen molar-refractivity contribution in [2.24, 2.45) is 0 Å². The number of carbonyl (C=O) groups excluding carboxylic acids is 1. The van der Waals surface area contributed by atoms with Gasteiger partial charge in [0.2, 0.25) is 0 Å². The summed E-state index contributed by atoms with van der Waals surface area (Å²) in [5.74, 6) is 1.67. The molecule has 1 unspecified atom stereocenters. The molecule has 0 aliphatic rings. The Kier molecular flexibility index (Phi) is 8.76. The van der Waals surface area contributed by atoms with Gasteiger partial charge in [0.05, 0.1) is 19.8 Å². The lowest BCUT2D eigenvalue weighted by atomic mass is 9.97. The number of anilines is 1. The van der Waals surface area contributed by atoms with Gasteiger partial charge in [-0.25, -0.2) is 0 Å². The molecule has 0 aliphatic heterocycles. The van der Waals surface area contributed by atoms with Crippen molar-refractivity contribution in [2.75, 3.05) is 19.0 Å². The average Bonchev–Trinajstić information content (AvgIpc) is 2.80. The first-order valence-corrected chi connectivity index (χ1v) is 11.6. The van der Waals surface area contributed by atoms with Crippen LogP contribution in [0.1, 0.15) is 48.1 Å². The highest BCUT2D eigenvalue weighted by molar-refractivity contribution is 14.1. The molecule has 3 rings (SSSR count). The van der Waals surface area contributed by atoms with Crippen LogP contribution >= 0.6 is 22.6 Å². The number of carbonyl (C=O) groups is 1. The van der Waals surface area contributed by atoms with E-state index in [0.717, 1.165) is 42.2 Å². The molecule has 0 saturated heterocycles. The third kappa shape index (κ3) is 6.99. The van der Waals surface area contributed by atoms with Gasteiger partial charge in [-0.3, -0.25) is 4.79 Å². The molecule has 0 aromatic heterocycles. The molecule has 0 bridgehead atoms. The minimum absolute atomic E-state index is 0.0777. The van der Waals surface area contributed by atoms with Gasteiger partial charge in [-0.1, -0.05) is 25.5 Å². The van der Waals surface area contributed by atoms with Gasteiger partial charge in [0.15, 0.2) is 5.78 Å². The highest BCUT2D eigenvalue weighted by Crippen LogP contribution is 2.27. The second-order valence-corrected chi connectivity index (χ2v) is 8.58. The van der Waals surface area contributed by atoms with Crippen LogP contribution in [0.2, 0.25) is 0 Å². The standard InChI is InChI=1S/C26H28INO3/c1-3-4-17-31-24-15-5-19(6-16-24)25(28-22-11-9-21(27)10-12-22)18-26(29)20-7-13-23(30-2)14-8-20/h5-16,25,28H,3-4,17-18H2,1-2H3. The zero-order valence-corrected chi connectivity index (χ0v) is 20.1. The molecular weight excluding hydrogens is 501 g/mol. The van der Waals surface area contributed by atoms with Crippen LogP contribution in [0.15, 0.2) is 72.8 Å². The minimum Gasteiger partial charge on any atom is -0.497 e. The van der Waals surface area contributed by atoms with Crippen LogP contribution < -0.4 is 14.8 Å². The molecule has 0 aliphatic carbocycles. The van der Waals surface area contributed by atoms with E-state index in [4.69, 9.17) is 9.47 Å². The number of Topliss-reactive ketones (excluding diaryl/α,β-unsaturated/α-hetero) is 1. The first kappa shape index (κ1) is 23.1. The summed E-state index contributed by atoms with van der Waals surface area (Å²) in [5.41, 5.74) is 2.70. The molecule has 0 heterocycles. The molecule has 31 heavy (non-hydrogen) atoms. The van der Waals surface area contributed by atoms with Gasteiger partial charge in [0, 0.05) is 21.2 Å². The van der Waals surface area contributed by atoms with Crippen molar-refractivity contribution in [3.8, 4) is 11.5 Å². The summed E-state index contributed by atoms with van der Waals surface area (Å²) in [4.78, 5) is 13.0.